The topological polar surface area (TPSA) is 95.1 Å². The molecular formula is C11H17N3O3. The summed E-state index contributed by atoms with van der Waals surface area (Å²) in [6.45, 7) is 3.93. The van der Waals surface area contributed by atoms with Crippen molar-refractivity contribution < 1.29 is 14.7 Å². The second kappa shape index (κ2) is 5.47. The minimum Gasteiger partial charge on any atom is -0.481 e. The van der Waals surface area contributed by atoms with E-state index in [1.54, 1.807) is 26.2 Å². The van der Waals surface area contributed by atoms with Crippen LogP contribution in [0, 0.1) is 5.41 Å². The lowest BCUT2D eigenvalue weighted by Crippen LogP contribution is -2.29. The number of nitrogens with one attached hydrogen (secondary N) is 2. The van der Waals surface area contributed by atoms with Crippen LogP contribution in [0.5, 0.6) is 0 Å². The summed E-state index contributed by atoms with van der Waals surface area (Å²) in [6.07, 6.45) is 3.49. The van der Waals surface area contributed by atoms with Crippen molar-refractivity contribution in [1.29, 1.82) is 0 Å². The number of carboxylic acids is 1. The molecule has 0 bridgehead atoms. The van der Waals surface area contributed by atoms with Crippen LogP contribution in [0.3, 0.4) is 0 Å². The van der Waals surface area contributed by atoms with Crippen molar-refractivity contribution >= 4 is 11.9 Å². The summed E-state index contributed by atoms with van der Waals surface area (Å²) >= 11 is 0. The van der Waals surface area contributed by atoms with Gasteiger partial charge in [-0.2, -0.15) is 5.10 Å². The van der Waals surface area contributed by atoms with E-state index in [1.165, 1.54) is 0 Å². The molecule has 0 saturated heterocycles. The number of aromatic amines is 1. The Morgan fingerprint density at radius 1 is 1.47 bits per heavy atom. The molecule has 0 spiro atoms. The molecule has 0 unspecified atom stereocenters. The van der Waals surface area contributed by atoms with E-state index in [4.69, 9.17) is 5.11 Å². The van der Waals surface area contributed by atoms with E-state index in [0.29, 0.717) is 6.54 Å². The Balaban J connectivity index is 2.36. The summed E-state index contributed by atoms with van der Waals surface area (Å²) in [4.78, 5) is 22.2. The maximum absolute atomic E-state index is 11.6. The molecule has 0 aliphatic rings. The molecule has 1 rings (SSSR count). The summed E-state index contributed by atoms with van der Waals surface area (Å²) < 4.78 is 0. The zero-order chi connectivity index (χ0) is 12.9. The minimum absolute atomic E-state index is 0.0217. The standard InChI is InChI=1S/C11H17N3O3/c1-11(2,4-10(16)17)3-9(15)12-5-8-6-13-14-7-8/h6-7H,3-5H2,1-2H3,(H,12,15)(H,13,14)(H,16,17). The molecule has 3 N–H and O–H groups in total. The third kappa shape index (κ3) is 5.14. The zero-order valence-corrected chi connectivity index (χ0v) is 9.99. The lowest BCUT2D eigenvalue weighted by molar-refractivity contribution is -0.139. The van der Waals surface area contributed by atoms with Gasteiger partial charge in [-0.15, -0.1) is 0 Å². The van der Waals surface area contributed by atoms with Gasteiger partial charge in [0.1, 0.15) is 0 Å². The highest BCUT2D eigenvalue weighted by atomic mass is 16.4. The molecular weight excluding hydrogens is 222 g/mol. The van der Waals surface area contributed by atoms with E-state index in [9.17, 15) is 9.59 Å². The van der Waals surface area contributed by atoms with Gasteiger partial charge in [-0.1, -0.05) is 13.8 Å². The smallest absolute Gasteiger partial charge is 0.303 e. The Labute approximate surface area is 99.4 Å². The number of amides is 1. The number of carboxylic acid groups (broad SMARTS) is 1. The number of hydrogen-bond donors (Lipinski definition) is 3. The quantitative estimate of drug-likeness (QED) is 0.687. The first-order valence-corrected chi connectivity index (χ1v) is 5.35. The fourth-order valence-corrected chi connectivity index (χ4v) is 1.54. The lowest BCUT2D eigenvalue weighted by atomic mass is 9.85. The Bertz CT molecular complexity index is 385. The van der Waals surface area contributed by atoms with Crippen molar-refractivity contribution in [3.8, 4) is 0 Å². The van der Waals surface area contributed by atoms with Crippen LogP contribution >= 0.6 is 0 Å². The number of carbonyl (C=O) groups excluding carboxylic acids is 1. The molecule has 1 aromatic heterocycles. The maximum atomic E-state index is 11.6. The number of aromatic nitrogens is 2. The van der Waals surface area contributed by atoms with Gasteiger partial charge in [0.2, 0.25) is 5.91 Å². The predicted molar refractivity (Wildman–Crippen MR) is 61.1 cm³/mol. The van der Waals surface area contributed by atoms with Crippen LogP contribution in [0.15, 0.2) is 12.4 Å². The lowest BCUT2D eigenvalue weighted by Gasteiger charge is -2.21. The molecule has 1 amide bonds. The molecule has 1 heterocycles. The fraction of sp³-hybridized carbons (Fsp3) is 0.545. The highest BCUT2D eigenvalue weighted by Gasteiger charge is 2.24. The van der Waals surface area contributed by atoms with Crippen molar-refractivity contribution in [2.75, 3.05) is 0 Å². The molecule has 0 fully saturated rings. The maximum Gasteiger partial charge on any atom is 0.303 e. The van der Waals surface area contributed by atoms with Crippen molar-refractivity contribution in [2.24, 2.45) is 5.41 Å². The van der Waals surface area contributed by atoms with Gasteiger partial charge in [-0.25, -0.2) is 0 Å². The van der Waals surface area contributed by atoms with E-state index in [2.05, 4.69) is 15.5 Å². The number of H-pyrrole nitrogens is 1. The summed E-state index contributed by atoms with van der Waals surface area (Å²) in [7, 11) is 0. The highest BCUT2D eigenvalue weighted by Crippen LogP contribution is 2.24. The van der Waals surface area contributed by atoms with Crippen LogP contribution < -0.4 is 5.32 Å². The van der Waals surface area contributed by atoms with Crippen molar-refractivity contribution in [1.82, 2.24) is 15.5 Å². The number of aliphatic carboxylic acids is 1. The molecule has 17 heavy (non-hydrogen) atoms. The van der Waals surface area contributed by atoms with E-state index in [0.717, 1.165) is 5.56 Å². The van der Waals surface area contributed by atoms with E-state index >= 15 is 0 Å². The zero-order valence-electron chi connectivity index (χ0n) is 9.99. The van der Waals surface area contributed by atoms with Gasteiger partial charge in [-0.3, -0.25) is 14.7 Å². The average Bonchev–Trinajstić information content (AvgIpc) is 2.63. The predicted octanol–water partition coefficient (Wildman–Crippen LogP) is 0.917. The molecule has 0 aliphatic carbocycles. The van der Waals surface area contributed by atoms with Gasteiger partial charge >= 0.3 is 5.97 Å². The van der Waals surface area contributed by atoms with E-state index in [-0.39, 0.29) is 18.7 Å². The van der Waals surface area contributed by atoms with Crippen molar-refractivity contribution in [3.05, 3.63) is 18.0 Å². The number of rotatable bonds is 6. The molecule has 0 aromatic carbocycles. The minimum atomic E-state index is -0.891. The van der Waals surface area contributed by atoms with Crippen LogP contribution in [0.2, 0.25) is 0 Å². The van der Waals surface area contributed by atoms with Crippen LogP contribution in [0.1, 0.15) is 32.3 Å². The monoisotopic (exact) mass is 239 g/mol. The Hall–Kier alpha value is -1.85. The van der Waals surface area contributed by atoms with Gasteiger partial charge in [0.05, 0.1) is 12.6 Å². The second-order valence-corrected chi connectivity index (χ2v) is 4.79. The first-order valence-electron chi connectivity index (χ1n) is 5.35. The van der Waals surface area contributed by atoms with Gasteiger partial charge < -0.3 is 10.4 Å². The van der Waals surface area contributed by atoms with Crippen LogP contribution in [-0.4, -0.2) is 27.2 Å². The molecule has 0 radical (unpaired) electrons. The van der Waals surface area contributed by atoms with E-state index < -0.39 is 11.4 Å². The van der Waals surface area contributed by atoms with E-state index in [1.807, 2.05) is 0 Å². The number of carbonyl (C=O) groups is 2. The third-order valence-corrected chi connectivity index (χ3v) is 2.31. The molecule has 94 valence electrons. The molecule has 6 nitrogen and oxygen atoms in total. The number of nitrogens with zero attached hydrogens (tertiary/aromatic N) is 1. The van der Waals surface area contributed by atoms with Gasteiger partial charge in [0.25, 0.3) is 0 Å². The molecule has 6 heteroatoms. The molecule has 0 aliphatic heterocycles. The van der Waals surface area contributed by atoms with Gasteiger partial charge in [0.15, 0.2) is 0 Å². The first kappa shape index (κ1) is 13.2. The molecule has 0 atom stereocenters. The fourth-order valence-electron chi connectivity index (χ4n) is 1.54. The van der Waals surface area contributed by atoms with Crippen LogP contribution in [0.4, 0.5) is 0 Å². The Morgan fingerprint density at radius 2 is 2.18 bits per heavy atom. The SMILES string of the molecule is CC(C)(CC(=O)O)CC(=O)NCc1cn[nH]c1. The summed E-state index contributed by atoms with van der Waals surface area (Å²) in [6, 6.07) is 0. The summed E-state index contributed by atoms with van der Waals surface area (Å²) in [5.74, 6) is -1.05. The number of hydrogen-bond acceptors (Lipinski definition) is 3. The first-order chi connectivity index (χ1) is 7.89. The summed E-state index contributed by atoms with van der Waals surface area (Å²) in [5.41, 5.74) is 0.348. The molecule has 0 saturated carbocycles. The van der Waals surface area contributed by atoms with Crippen LogP contribution in [0.25, 0.3) is 0 Å². The van der Waals surface area contributed by atoms with Gasteiger partial charge in [0, 0.05) is 24.7 Å². The molecule has 1 aromatic rings. The third-order valence-electron chi connectivity index (χ3n) is 2.31. The van der Waals surface area contributed by atoms with Crippen LogP contribution in [-0.2, 0) is 16.1 Å². The second-order valence-electron chi connectivity index (χ2n) is 4.79. The highest BCUT2D eigenvalue weighted by molar-refractivity contribution is 5.77. The van der Waals surface area contributed by atoms with Crippen molar-refractivity contribution in [2.45, 2.75) is 33.2 Å². The summed E-state index contributed by atoms with van der Waals surface area (Å²) in [5, 5.41) is 17.8. The Kier molecular flexibility index (Phi) is 4.25. The Morgan fingerprint density at radius 3 is 2.71 bits per heavy atom. The average molecular weight is 239 g/mol. The largest absolute Gasteiger partial charge is 0.481 e. The van der Waals surface area contributed by atoms with Gasteiger partial charge in [-0.05, 0) is 5.41 Å². The van der Waals surface area contributed by atoms with Crippen molar-refractivity contribution in [3.63, 3.8) is 0 Å². The normalized spacial score (nSPS) is 11.2.